The maximum Gasteiger partial charge on any atom is 0.335 e. The van der Waals surface area contributed by atoms with Crippen molar-refractivity contribution in [2.45, 2.75) is 119 Å². The number of allylic oxidation sites excluding steroid dienone is 2. The minimum absolute atomic E-state index is 0.0231. The predicted molar refractivity (Wildman–Crippen MR) is 197 cm³/mol. The van der Waals surface area contributed by atoms with E-state index in [1.54, 1.807) is 30.3 Å². The predicted octanol–water partition coefficient (Wildman–Crippen LogP) is 4.28. The number of benzene rings is 2. The zero-order valence-electron chi connectivity index (χ0n) is 30.5. The topological polar surface area (TPSA) is 175 Å². The van der Waals surface area contributed by atoms with Crippen LogP contribution in [0.15, 0.2) is 73.5 Å². The maximum absolute atomic E-state index is 12.5. The van der Waals surface area contributed by atoms with E-state index >= 15 is 0 Å². The molecule has 4 aliphatic heterocycles. The van der Waals surface area contributed by atoms with Crippen LogP contribution in [0.25, 0.3) is 0 Å². The Morgan fingerprint density at radius 3 is 2.54 bits per heavy atom. The summed E-state index contributed by atoms with van der Waals surface area (Å²) in [6.45, 7) is 3.69. The second kappa shape index (κ2) is 15.7. The Morgan fingerprint density at radius 2 is 1.81 bits per heavy atom. The fraction of sp³-hybridized carbons (Fsp3) is 0.558. The fourth-order valence-electron chi connectivity index (χ4n) is 10.0. The molecule has 0 unspecified atom stereocenters. The number of hydrogen-bond acceptors (Lipinski definition) is 10. The average molecular weight is 745 g/mol. The molecule has 54 heavy (non-hydrogen) atoms. The van der Waals surface area contributed by atoms with Crippen molar-refractivity contribution >= 4 is 5.97 Å². The lowest BCUT2D eigenvalue weighted by molar-refractivity contribution is -0.334. The van der Waals surface area contributed by atoms with Crippen LogP contribution >= 0.6 is 0 Å². The molecular weight excluding hydrogens is 692 g/mol. The number of fused-ring (bicyclic) bond motifs is 7. The first-order chi connectivity index (χ1) is 26.0. The van der Waals surface area contributed by atoms with E-state index in [1.165, 1.54) is 6.26 Å². The first-order valence-electron chi connectivity index (χ1n) is 19.2. The highest BCUT2D eigenvalue weighted by Crippen LogP contribution is 2.61. The van der Waals surface area contributed by atoms with E-state index in [9.17, 15) is 35.4 Å². The molecule has 0 aromatic heterocycles. The number of ether oxygens (including phenoxy) is 4. The van der Waals surface area contributed by atoms with Crippen molar-refractivity contribution in [3.8, 4) is 17.8 Å². The summed E-state index contributed by atoms with van der Waals surface area (Å²) in [4.78, 5) is 11.4. The summed E-state index contributed by atoms with van der Waals surface area (Å²) in [5.74, 6) is 2.06. The van der Waals surface area contributed by atoms with Gasteiger partial charge in [-0.25, -0.2) is 4.79 Å². The van der Waals surface area contributed by atoms with Gasteiger partial charge in [-0.05, 0) is 122 Å². The number of rotatable bonds is 10. The van der Waals surface area contributed by atoms with Crippen LogP contribution in [0.3, 0.4) is 0 Å². The van der Waals surface area contributed by atoms with Crippen LogP contribution < -0.4 is 4.74 Å². The van der Waals surface area contributed by atoms with Crippen molar-refractivity contribution in [2.75, 3.05) is 6.61 Å². The molecular formula is C43H52O11. The molecule has 2 aliphatic carbocycles. The minimum atomic E-state index is -1.69. The van der Waals surface area contributed by atoms with Crippen LogP contribution in [-0.2, 0) is 27.1 Å². The molecule has 3 fully saturated rings. The van der Waals surface area contributed by atoms with Gasteiger partial charge < -0.3 is 49.6 Å². The van der Waals surface area contributed by atoms with Gasteiger partial charge in [0.2, 0.25) is 6.29 Å². The van der Waals surface area contributed by atoms with Crippen LogP contribution in [0.4, 0.5) is 0 Å². The normalized spacial score (nSPS) is 38.4. The van der Waals surface area contributed by atoms with Gasteiger partial charge in [0.25, 0.3) is 0 Å². The summed E-state index contributed by atoms with van der Waals surface area (Å²) in [5.41, 5.74) is -1.21. The van der Waals surface area contributed by atoms with Gasteiger partial charge in [0.05, 0.1) is 23.5 Å². The van der Waals surface area contributed by atoms with Crippen LogP contribution in [0.5, 0.6) is 5.75 Å². The van der Waals surface area contributed by atoms with E-state index in [1.807, 2.05) is 30.3 Å². The molecule has 8 rings (SSSR count). The Labute approximate surface area is 316 Å². The fourth-order valence-corrected chi connectivity index (χ4v) is 10.0. The molecule has 1 saturated heterocycles. The van der Waals surface area contributed by atoms with E-state index < -0.39 is 65.3 Å². The third kappa shape index (κ3) is 7.40. The number of aliphatic hydroxyl groups excluding tert-OH is 4. The van der Waals surface area contributed by atoms with Crippen molar-refractivity contribution < 1.29 is 54.4 Å². The average Bonchev–Trinajstić information content (AvgIpc) is 3.38. The molecule has 2 saturated carbocycles. The van der Waals surface area contributed by atoms with E-state index in [-0.39, 0.29) is 43.3 Å². The Bertz CT molecular complexity index is 1730. The molecule has 11 heteroatoms. The zero-order chi connectivity index (χ0) is 38.1. The summed E-state index contributed by atoms with van der Waals surface area (Å²) in [7, 11) is 0. The highest BCUT2D eigenvalue weighted by molar-refractivity contribution is 5.87. The van der Waals surface area contributed by atoms with Gasteiger partial charge in [-0.2, -0.15) is 0 Å². The largest absolute Gasteiger partial charge is 0.486 e. The van der Waals surface area contributed by atoms with E-state index in [4.69, 9.17) is 18.9 Å². The Balaban J connectivity index is 1.22. The van der Waals surface area contributed by atoms with Gasteiger partial charge in [0.15, 0.2) is 5.60 Å². The lowest BCUT2D eigenvalue weighted by Gasteiger charge is -2.54. The third-order valence-electron chi connectivity index (χ3n) is 12.8. The van der Waals surface area contributed by atoms with Gasteiger partial charge in [0, 0.05) is 19.4 Å². The number of carboxylic acid groups (broad SMARTS) is 1. The van der Waals surface area contributed by atoms with Gasteiger partial charge >= 0.3 is 5.97 Å². The summed E-state index contributed by atoms with van der Waals surface area (Å²) >= 11 is 0. The number of carbonyl (C=O) groups is 1. The van der Waals surface area contributed by atoms with E-state index in [2.05, 4.69) is 18.6 Å². The molecule has 11 nitrogen and oxygen atoms in total. The summed E-state index contributed by atoms with van der Waals surface area (Å²) < 4.78 is 25.6. The quantitative estimate of drug-likeness (QED) is 0.151. The molecule has 0 radical (unpaired) electrons. The maximum atomic E-state index is 12.5. The van der Waals surface area contributed by atoms with Crippen LogP contribution in [-0.4, -0.2) is 91.2 Å². The highest BCUT2D eigenvalue weighted by atomic mass is 16.7. The van der Waals surface area contributed by atoms with Crippen molar-refractivity contribution in [1.29, 1.82) is 0 Å². The molecule has 4 heterocycles. The van der Waals surface area contributed by atoms with Crippen molar-refractivity contribution in [2.24, 2.45) is 23.2 Å². The molecule has 6 N–H and O–H groups in total. The number of carboxylic acids is 1. The first-order valence-corrected chi connectivity index (χ1v) is 19.2. The molecule has 2 spiro atoms. The lowest BCUT2D eigenvalue weighted by atomic mass is 9.55. The van der Waals surface area contributed by atoms with Crippen LogP contribution in [0.1, 0.15) is 79.3 Å². The summed E-state index contributed by atoms with van der Waals surface area (Å²) in [6, 6.07) is 14.3. The lowest BCUT2D eigenvalue weighted by Crippen LogP contribution is -2.70. The van der Waals surface area contributed by atoms with Gasteiger partial charge in [-0.3, -0.25) is 0 Å². The molecule has 290 valence electrons. The molecule has 12 atom stereocenters. The van der Waals surface area contributed by atoms with Gasteiger partial charge in [-0.15, -0.1) is 6.58 Å². The smallest absolute Gasteiger partial charge is 0.335 e. The van der Waals surface area contributed by atoms with Gasteiger partial charge in [-0.1, -0.05) is 36.3 Å². The van der Waals surface area contributed by atoms with E-state index in [0.717, 1.165) is 17.5 Å². The molecule has 6 aliphatic rings. The molecule has 0 amide bonds. The molecule has 2 aromatic carbocycles. The summed E-state index contributed by atoms with van der Waals surface area (Å²) in [5, 5.41) is 67.4. The SMILES string of the molecule is C=CCc1ccc(O[C@@H]2O[C@H]3[C@@H](O)[C@H](O)[C@]24C[C@H]([C@H](O)CC#CO[C@H]3CCCO)[C@]2(C=CO4)CC[C@@H]3C[C@H](Cc4ccc(C(=O)O)cc4)C[C@@]3(O)C2)cc1. The van der Waals surface area contributed by atoms with Crippen molar-refractivity contribution in [3.05, 3.63) is 90.2 Å². The third-order valence-corrected chi connectivity index (χ3v) is 12.8. The minimum Gasteiger partial charge on any atom is -0.486 e. The molecule has 2 aromatic rings. The zero-order valence-corrected chi connectivity index (χ0v) is 30.5. The number of aliphatic hydroxyl groups is 5. The van der Waals surface area contributed by atoms with E-state index in [0.29, 0.717) is 50.7 Å². The van der Waals surface area contributed by atoms with Crippen LogP contribution in [0, 0.1) is 35.2 Å². The van der Waals surface area contributed by atoms with Crippen molar-refractivity contribution in [3.63, 3.8) is 0 Å². The second-order valence-corrected chi connectivity index (χ2v) is 16.1. The standard InChI is InChI=1S/C43H52O11/c1-2-5-27-10-14-32(15-11-27)53-40-43-25-33(34(45)6-4-20-51-35(7-3-19-44)37(54-40)36(46)38(43)47)41(18-21-52-43)17-16-31-23-29(24-42(31,50)26-41)22-28-8-12-30(13-9-28)39(48)49/h2,8-15,18,21,29,31,33-38,40,44-47,50H,1,3,5-7,16-17,19,22-26H2,(H,48,49)/t29-,31+,33+,34+,35-,36+,37+,38-,40+,41-,42+,43+/m0/s1. The Morgan fingerprint density at radius 1 is 1.06 bits per heavy atom. The molecule has 3 bridgehead atoms. The number of aromatic carboxylic acids is 1. The monoisotopic (exact) mass is 744 g/mol. The van der Waals surface area contributed by atoms with Crippen molar-refractivity contribution in [1.82, 2.24) is 0 Å². The second-order valence-electron chi connectivity index (χ2n) is 16.1. The summed E-state index contributed by atoms with van der Waals surface area (Å²) in [6.07, 6.45) is 5.84. The Hall–Kier alpha value is -3.89. The van der Waals surface area contributed by atoms with Crippen LogP contribution in [0.2, 0.25) is 0 Å². The van der Waals surface area contributed by atoms with Gasteiger partial charge in [0.1, 0.15) is 36.3 Å². The Kier molecular flexibility index (Phi) is 11.2. The number of hydrogen-bond donors (Lipinski definition) is 6. The first kappa shape index (κ1) is 38.4. The highest BCUT2D eigenvalue weighted by Gasteiger charge is 2.65.